The summed E-state index contributed by atoms with van der Waals surface area (Å²) in [6.07, 6.45) is 2.38. The van der Waals surface area contributed by atoms with Gasteiger partial charge in [-0.3, -0.25) is 9.48 Å². The minimum atomic E-state index is 0.0653. The molecule has 0 aromatic carbocycles. The average molecular weight is 278 g/mol. The van der Waals surface area contributed by atoms with Crippen LogP contribution in [0.2, 0.25) is 0 Å². The molecule has 1 aliphatic rings. The lowest BCUT2D eigenvalue weighted by Gasteiger charge is -2.25. The highest BCUT2D eigenvalue weighted by Gasteiger charge is 2.33. The number of nitrogens with zero attached hydrogens (tertiary/aromatic N) is 2. The van der Waals surface area contributed by atoms with Crippen molar-refractivity contribution in [1.82, 2.24) is 9.78 Å². The Morgan fingerprint density at radius 1 is 1.30 bits per heavy atom. The molecule has 1 aliphatic carbocycles. The number of aliphatic hydroxyl groups is 1. The maximum atomic E-state index is 12.5. The largest absolute Gasteiger partial charge is 0.394 e. The number of hydrogen-bond donors (Lipinski definition) is 1. The maximum Gasteiger partial charge on any atom is 0.166 e. The van der Waals surface area contributed by atoms with E-state index in [9.17, 15) is 9.90 Å². The SMILES string of the molecule is CC(C)Cc1nn(CCO)c2c1C(=O)CC(C(C)C)C2. The van der Waals surface area contributed by atoms with E-state index in [4.69, 9.17) is 0 Å². The van der Waals surface area contributed by atoms with Crippen molar-refractivity contribution in [1.29, 1.82) is 0 Å². The highest BCUT2D eigenvalue weighted by molar-refractivity contribution is 5.99. The lowest BCUT2D eigenvalue weighted by Crippen LogP contribution is -2.26. The summed E-state index contributed by atoms with van der Waals surface area (Å²) in [6, 6.07) is 0. The van der Waals surface area contributed by atoms with E-state index in [1.54, 1.807) is 0 Å². The van der Waals surface area contributed by atoms with Crippen molar-refractivity contribution in [3.05, 3.63) is 17.0 Å². The van der Waals surface area contributed by atoms with E-state index < -0.39 is 0 Å². The Labute approximate surface area is 121 Å². The Morgan fingerprint density at radius 3 is 2.55 bits per heavy atom. The fourth-order valence-electron chi connectivity index (χ4n) is 3.02. The van der Waals surface area contributed by atoms with Crippen LogP contribution in [-0.4, -0.2) is 27.3 Å². The molecule has 0 aliphatic heterocycles. The Kier molecular flexibility index (Phi) is 4.63. The van der Waals surface area contributed by atoms with E-state index in [-0.39, 0.29) is 12.4 Å². The van der Waals surface area contributed by atoms with Gasteiger partial charge in [-0.15, -0.1) is 0 Å². The summed E-state index contributed by atoms with van der Waals surface area (Å²) in [5.41, 5.74) is 2.82. The van der Waals surface area contributed by atoms with Crippen LogP contribution in [0.4, 0.5) is 0 Å². The molecule has 0 saturated heterocycles. The van der Waals surface area contributed by atoms with Gasteiger partial charge >= 0.3 is 0 Å². The molecule has 0 radical (unpaired) electrons. The first-order chi connectivity index (χ1) is 9.43. The van der Waals surface area contributed by atoms with Crippen LogP contribution in [0, 0.1) is 17.8 Å². The highest BCUT2D eigenvalue weighted by Crippen LogP contribution is 2.32. The molecule has 112 valence electrons. The predicted octanol–water partition coefficient (Wildman–Crippen LogP) is 2.48. The molecular weight excluding hydrogens is 252 g/mol. The van der Waals surface area contributed by atoms with Crippen LogP contribution in [-0.2, 0) is 19.4 Å². The molecule has 1 atom stereocenters. The van der Waals surface area contributed by atoms with Crippen molar-refractivity contribution in [2.24, 2.45) is 17.8 Å². The molecule has 4 nitrogen and oxygen atoms in total. The molecule has 0 fully saturated rings. The molecule has 4 heteroatoms. The number of carbonyl (C=O) groups is 1. The third kappa shape index (κ3) is 2.95. The lowest BCUT2D eigenvalue weighted by molar-refractivity contribution is 0.0930. The maximum absolute atomic E-state index is 12.5. The van der Waals surface area contributed by atoms with E-state index in [0.29, 0.717) is 30.7 Å². The summed E-state index contributed by atoms with van der Waals surface area (Å²) < 4.78 is 1.86. The normalized spacial score (nSPS) is 18.9. The van der Waals surface area contributed by atoms with Gasteiger partial charge in [0.2, 0.25) is 0 Å². The van der Waals surface area contributed by atoms with Gasteiger partial charge in [-0.2, -0.15) is 5.10 Å². The smallest absolute Gasteiger partial charge is 0.166 e. The second-order valence-corrected chi connectivity index (χ2v) is 6.65. The number of aromatic nitrogens is 2. The number of fused-ring (bicyclic) bond motifs is 1. The monoisotopic (exact) mass is 278 g/mol. The molecule has 1 N–H and O–H groups in total. The van der Waals surface area contributed by atoms with Crippen molar-refractivity contribution < 1.29 is 9.90 Å². The Bertz CT molecular complexity index is 489. The number of rotatable bonds is 5. The van der Waals surface area contributed by atoms with Crippen molar-refractivity contribution in [2.75, 3.05) is 6.61 Å². The molecule has 1 unspecified atom stereocenters. The highest BCUT2D eigenvalue weighted by atomic mass is 16.3. The molecule has 0 saturated carbocycles. The fraction of sp³-hybridized carbons (Fsp3) is 0.750. The topological polar surface area (TPSA) is 55.1 Å². The van der Waals surface area contributed by atoms with E-state index in [0.717, 1.165) is 29.8 Å². The summed E-state index contributed by atoms with van der Waals surface area (Å²) in [6.45, 7) is 9.17. The molecule has 2 rings (SSSR count). The first-order valence-corrected chi connectivity index (χ1v) is 7.66. The van der Waals surface area contributed by atoms with Gasteiger partial charge in [0.15, 0.2) is 5.78 Å². The molecule has 1 aromatic rings. The first-order valence-electron chi connectivity index (χ1n) is 7.66. The molecule has 0 bridgehead atoms. The van der Waals surface area contributed by atoms with Gasteiger partial charge in [-0.05, 0) is 30.6 Å². The van der Waals surface area contributed by atoms with Gasteiger partial charge < -0.3 is 5.11 Å². The second kappa shape index (κ2) is 6.08. The van der Waals surface area contributed by atoms with E-state index in [1.807, 2.05) is 4.68 Å². The minimum absolute atomic E-state index is 0.0653. The summed E-state index contributed by atoms with van der Waals surface area (Å²) in [4.78, 5) is 12.5. The third-order valence-corrected chi connectivity index (χ3v) is 4.17. The number of Topliss-reactive ketones (excluding diaryl/α,β-unsaturated/α-hetero) is 1. The van der Waals surface area contributed by atoms with Gasteiger partial charge in [0.25, 0.3) is 0 Å². The van der Waals surface area contributed by atoms with Crippen molar-refractivity contribution in [3.8, 4) is 0 Å². The first kappa shape index (κ1) is 15.2. The fourth-order valence-corrected chi connectivity index (χ4v) is 3.02. The summed E-state index contributed by atoms with van der Waals surface area (Å²) in [5, 5.41) is 13.8. The van der Waals surface area contributed by atoms with Gasteiger partial charge in [-0.25, -0.2) is 0 Å². The second-order valence-electron chi connectivity index (χ2n) is 6.65. The summed E-state index contributed by atoms with van der Waals surface area (Å²) in [7, 11) is 0. The van der Waals surface area contributed by atoms with Crippen LogP contribution in [0.1, 0.15) is 55.9 Å². The van der Waals surface area contributed by atoms with Gasteiger partial charge in [0, 0.05) is 12.1 Å². The summed E-state index contributed by atoms with van der Waals surface area (Å²) >= 11 is 0. The number of carbonyl (C=O) groups excluding carboxylic acids is 1. The molecule has 20 heavy (non-hydrogen) atoms. The molecule has 1 aromatic heterocycles. The zero-order valence-corrected chi connectivity index (χ0v) is 13.0. The molecule has 0 spiro atoms. The molecular formula is C16H26N2O2. The average Bonchev–Trinajstić information content (AvgIpc) is 2.67. The molecule has 0 amide bonds. The predicted molar refractivity (Wildman–Crippen MR) is 78.8 cm³/mol. The van der Waals surface area contributed by atoms with E-state index in [2.05, 4.69) is 32.8 Å². The van der Waals surface area contributed by atoms with Gasteiger partial charge in [-0.1, -0.05) is 27.7 Å². The van der Waals surface area contributed by atoms with Crippen LogP contribution in [0.25, 0.3) is 0 Å². The Hall–Kier alpha value is -1.16. The number of hydrogen-bond acceptors (Lipinski definition) is 3. The van der Waals surface area contributed by atoms with Crippen LogP contribution in [0.5, 0.6) is 0 Å². The van der Waals surface area contributed by atoms with Crippen LogP contribution < -0.4 is 0 Å². The summed E-state index contributed by atoms with van der Waals surface area (Å²) in [5.74, 6) is 1.62. The van der Waals surface area contributed by atoms with Crippen LogP contribution in [0.3, 0.4) is 0 Å². The van der Waals surface area contributed by atoms with Crippen LogP contribution in [0.15, 0.2) is 0 Å². The molecule has 1 heterocycles. The van der Waals surface area contributed by atoms with Crippen molar-refractivity contribution in [2.45, 2.75) is 53.5 Å². The lowest BCUT2D eigenvalue weighted by atomic mass is 9.79. The Balaban J connectivity index is 2.41. The standard InChI is InChI=1S/C16H26N2O2/c1-10(2)7-13-16-14(18(17-13)5-6-19)8-12(11(3)4)9-15(16)20/h10-12,19H,5-9H2,1-4H3. The van der Waals surface area contributed by atoms with Gasteiger partial charge in [0.05, 0.1) is 24.4 Å². The third-order valence-electron chi connectivity index (χ3n) is 4.17. The van der Waals surface area contributed by atoms with Gasteiger partial charge in [0.1, 0.15) is 0 Å². The van der Waals surface area contributed by atoms with Crippen molar-refractivity contribution in [3.63, 3.8) is 0 Å². The quantitative estimate of drug-likeness (QED) is 0.900. The minimum Gasteiger partial charge on any atom is -0.394 e. The zero-order chi connectivity index (χ0) is 14.9. The zero-order valence-electron chi connectivity index (χ0n) is 13.0. The van der Waals surface area contributed by atoms with E-state index in [1.165, 1.54) is 0 Å². The number of ketones is 1. The van der Waals surface area contributed by atoms with Crippen LogP contribution >= 0.6 is 0 Å². The van der Waals surface area contributed by atoms with E-state index >= 15 is 0 Å². The van der Waals surface area contributed by atoms with Crippen molar-refractivity contribution >= 4 is 5.78 Å². The number of aliphatic hydroxyl groups excluding tert-OH is 1. The Morgan fingerprint density at radius 2 is 2.00 bits per heavy atom.